The van der Waals surface area contributed by atoms with Crippen LogP contribution in [-0.4, -0.2) is 35.7 Å². The first-order valence-corrected chi connectivity index (χ1v) is 6.70. The molecule has 1 amide bonds. The van der Waals surface area contributed by atoms with E-state index in [1.807, 2.05) is 0 Å². The smallest absolute Gasteiger partial charge is 0.330 e. The molecule has 1 heterocycles. The number of aromatic nitrogens is 2. The highest BCUT2D eigenvalue weighted by molar-refractivity contribution is 5.94. The Morgan fingerprint density at radius 2 is 2.35 bits per heavy atom. The van der Waals surface area contributed by atoms with Gasteiger partial charge in [0.2, 0.25) is 0 Å². The van der Waals surface area contributed by atoms with E-state index >= 15 is 0 Å². The molecule has 1 atom stereocenters. The lowest BCUT2D eigenvalue weighted by Gasteiger charge is -2.17. The van der Waals surface area contributed by atoms with Crippen LogP contribution in [0.3, 0.4) is 0 Å². The van der Waals surface area contributed by atoms with Crippen molar-refractivity contribution in [2.75, 3.05) is 13.7 Å². The van der Waals surface area contributed by atoms with Crippen LogP contribution in [0.4, 0.5) is 0 Å². The van der Waals surface area contributed by atoms with Gasteiger partial charge in [0.15, 0.2) is 5.69 Å². The Kier molecular flexibility index (Phi) is 4.55. The molecule has 2 N–H and O–H groups in total. The lowest BCUT2D eigenvalue weighted by Crippen LogP contribution is -2.26. The van der Waals surface area contributed by atoms with Crippen molar-refractivity contribution in [2.24, 2.45) is 5.92 Å². The van der Waals surface area contributed by atoms with Crippen molar-refractivity contribution in [2.45, 2.75) is 26.2 Å². The molecule has 20 heavy (non-hydrogen) atoms. The van der Waals surface area contributed by atoms with Crippen molar-refractivity contribution >= 4 is 11.9 Å². The maximum Gasteiger partial charge on any atom is 0.330 e. The van der Waals surface area contributed by atoms with Gasteiger partial charge in [-0.15, -0.1) is 0 Å². The van der Waals surface area contributed by atoms with E-state index in [0.717, 1.165) is 30.5 Å². The van der Waals surface area contributed by atoms with E-state index in [1.165, 1.54) is 13.2 Å². The number of carbonyl (C=O) groups excluding carboxylic acids is 2. The van der Waals surface area contributed by atoms with E-state index in [1.54, 1.807) is 6.08 Å². The summed E-state index contributed by atoms with van der Waals surface area (Å²) in [5.74, 6) is -0.0813. The van der Waals surface area contributed by atoms with Gasteiger partial charge in [-0.25, -0.2) is 4.79 Å². The quantitative estimate of drug-likeness (QED) is 0.635. The van der Waals surface area contributed by atoms with Gasteiger partial charge in [-0.05, 0) is 25.2 Å². The fourth-order valence-electron chi connectivity index (χ4n) is 2.32. The number of nitrogens with zero attached hydrogens (tertiary/aromatic N) is 1. The maximum atomic E-state index is 12.1. The molecule has 0 aliphatic heterocycles. The van der Waals surface area contributed by atoms with Gasteiger partial charge in [-0.1, -0.05) is 13.0 Å². The molecule has 0 saturated heterocycles. The van der Waals surface area contributed by atoms with Gasteiger partial charge in [-0.3, -0.25) is 9.89 Å². The Morgan fingerprint density at radius 3 is 3.10 bits per heavy atom. The van der Waals surface area contributed by atoms with Crippen LogP contribution in [0.25, 0.3) is 0 Å². The number of carbonyl (C=O) groups is 2. The summed E-state index contributed by atoms with van der Waals surface area (Å²) in [4.78, 5) is 22.9. The highest BCUT2D eigenvalue weighted by atomic mass is 16.5. The van der Waals surface area contributed by atoms with Crippen molar-refractivity contribution in [3.8, 4) is 0 Å². The molecule has 1 aromatic heterocycles. The van der Waals surface area contributed by atoms with Crippen molar-refractivity contribution in [1.82, 2.24) is 15.5 Å². The van der Waals surface area contributed by atoms with Gasteiger partial charge in [-0.2, -0.15) is 5.10 Å². The van der Waals surface area contributed by atoms with E-state index in [2.05, 4.69) is 27.2 Å². The zero-order valence-corrected chi connectivity index (χ0v) is 11.7. The van der Waals surface area contributed by atoms with Crippen molar-refractivity contribution < 1.29 is 14.3 Å². The second-order valence-corrected chi connectivity index (χ2v) is 5.01. The Balaban J connectivity index is 1.95. The van der Waals surface area contributed by atoms with E-state index in [-0.39, 0.29) is 12.5 Å². The summed E-state index contributed by atoms with van der Waals surface area (Å²) in [6.45, 7) is 2.45. The number of H-pyrrole nitrogens is 1. The van der Waals surface area contributed by atoms with Crippen LogP contribution < -0.4 is 5.32 Å². The predicted octanol–water partition coefficient (Wildman–Crippen LogP) is 0.993. The third-order valence-electron chi connectivity index (χ3n) is 3.44. The first-order valence-electron chi connectivity index (χ1n) is 6.70. The number of fused-ring (bicyclic) bond motifs is 1. The molecule has 108 valence electrons. The zero-order chi connectivity index (χ0) is 14.5. The summed E-state index contributed by atoms with van der Waals surface area (Å²) in [6, 6.07) is 0. The lowest BCUT2D eigenvalue weighted by atomic mass is 9.88. The van der Waals surface area contributed by atoms with E-state index < -0.39 is 5.97 Å². The largest absolute Gasteiger partial charge is 0.466 e. The van der Waals surface area contributed by atoms with Crippen LogP contribution in [0.5, 0.6) is 0 Å². The van der Waals surface area contributed by atoms with E-state index in [4.69, 9.17) is 0 Å². The predicted molar refractivity (Wildman–Crippen MR) is 73.3 cm³/mol. The fraction of sp³-hybridized carbons (Fsp3) is 0.500. The molecular weight excluding hydrogens is 258 g/mol. The molecule has 0 aromatic carbocycles. The monoisotopic (exact) mass is 277 g/mol. The summed E-state index contributed by atoms with van der Waals surface area (Å²) in [5, 5.41) is 9.77. The first kappa shape index (κ1) is 14.3. The minimum absolute atomic E-state index is 0.217. The molecule has 1 unspecified atom stereocenters. The fourth-order valence-corrected chi connectivity index (χ4v) is 2.32. The van der Waals surface area contributed by atoms with Crippen LogP contribution in [-0.2, 0) is 22.4 Å². The van der Waals surface area contributed by atoms with E-state index in [9.17, 15) is 9.59 Å². The Labute approximate surface area is 117 Å². The molecule has 0 radical (unpaired) electrons. The Morgan fingerprint density at radius 1 is 1.55 bits per heavy atom. The van der Waals surface area contributed by atoms with Gasteiger partial charge < -0.3 is 10.1 Å². The highest BCUT2D eigenvalue weighted by Crippen LogP contribution is 2.25. The van der Waals surface area contributed by atoms with Gasteiger partial charge in [0.05, 0.1) is 7.11 Å². The number of ether oxygens (including phenoxy) is 1. The maximum absolute atomic E-state index is 12.1. The summed E-state index contributed by atoms with van der Waals surface area (Å²) < 4.78 is 4.46. The molecule has 0 fully saturated rings. The molecule has 0 saturated carbocycles. The molecule has 1 aliphatic carbocycles. The molecule has 2 rings (SSSR count). The Bertz CT molecular complexity index is 534. The van der Waals surface area contributed by atoms with Crippen LogP contribution in [0, 0.1) is 5.92 Å². The minimum Gasteiger partial charge on any atom is -0.466 e. The molecular formula is C14H19N3O3. The lowest BCUT2D eigenvalue weighted by molar-refractivity contribution is -0.134. The molecule has 6 nitrogen and oxygen atoms in total. The Hall–Kier alpha value is -2.11. The molecule has 0 spiro atoms. The number of methoxy groups -OCH3 is 1. The zero-order valence-electron chi connectivity index (χ0n) is 11.7. The van der Waals surface area contributed by atoms with Crippen LogP contribution in [0.2, 0.25) is 0 Å². The van der Waals surface area contributed by atoms with Crippen molar-refractivity contribution in [3.63, 3.8) is 0 Å². The summed E-state index contributed by atoms with van der Waals surface area (Å²) in [5.41, 5.74) is 2.56. The number of hydrogen-bond acceptors (Lipinski definition) is 4. The van der Waals surface area contributed by atoms with Gasteiger partial charge in [0, 0.05) is 23.9 Å². The summed E-state index contributed by atoms with van der Waals surface area (Å²) >= 11 is 0. The average molecular weight is 277 g/mol. The number of nitrogens with one attached hydrogen (secondary N) is 2. The normalized spacial score (nSPS) is 17.8. The van der Waals surface area contributed by atoms with E-state index in [0.29, 0.717) is 11.6 Å². The minimum atomic E-state index is -0.440. The molecule has 0 bridgehead atoms. The topological polar surface area (TPSA) is 84.1 Å². The number of rotatable bonds is 4. The SMILES string of the molecule is COC(=O)/C=C/CNC(=O)c1n[nH]c2c1CC(C)CC2. The third kappa shape index (κ3) is 3.26. The molecule has 1 aromatic rings. The number of amides is 1. The summed E-state index contributed by atoms with van der Waals surface area (Å²) in [7, 11) is 1.31. The number of aromatic amines is 1. The van der Waals surface area contributed by atoms with Crippen LogP contribution in [0.1, 0.15) is 35.1 Å². The highest BCUT2D eigenvalue weighted by Gasteiger charge is 2.24. The third-order valence-corrected chi connectivity index (χ3v) is 3.44. The summed E-state index contributed by atoms with van der Waals surface area (Å²) in [6.07, 6.45) is 5.78. The van der Waals surface area contributed by atoms with Crippen molar-refractivity contribution in [1.29, 1.82) is 0 Å². The second kappa shape index (κ2) is 6.36. The molecule has 6 heteroatoms. The second-order valence-electron chi connectivity index (χ2n) is 5.01. The van der Waals surface area contributed by atoms with Crippen molar-refractivity contribution in [3.05, 3.63) is 29.1 Å². The average Bonchev–Trinajstić information content (AvgIpc) is 2.86. The number of aryl methyl sites for hydroxylation is 1. The van der Waals surface area contributed by atoms with Gasteiger partial charge >= 0.3 is 5.97 Å². The molecule has 1 aliphatic rings. The van der Waals surface area contributed by atoms with Gasteiger partial charge in [0.1, 0.15) is 0 Å². The standard InChI is InChI=1S/C14H19N3O3/c1-9-5-6-11-10(8-9)13(17-16-11)14(19)15-7-3-4-12(18)20-2/h3-4,9H,5-8H2,1-2H3,(H,15,19)(H,16,17)/b4-3+. The number of hydrogen-bond donors (Lipinski definition) is 2. The van der Waals surface area contributed by atoms with Crippen LogP contribution in [0.15, 0.2) is 12.2 Å². The van der Waals surface area contributed by atoms with Gasteiger partial charge in [0.25, 0.3) is 5.91 Å². The van der Waals surface area contributed by atoms with Crippen LogP contribution >= 0.6 is 0 Å². The number of esters is 1. The first-order chi connectivity index (χ1) is 9.61.